The number of hydrogen-bond acceptors (Lipinski definition) is 2. The molecule has 0 bridgehead atoms. The number of benzene rings is 2. The summed E-state index contributed by atoms with van der Waals surface area (Å²) in [5.74, 6) is -0.946. The first-order chi connectivity index (χ1) is 8.99. The molecule has 0 saturated carbocycles. The van der Waals surface area contributed by atoms with Crippen LogP contribution in [0.1, 0.15) is 10.4 Å². The minimum absolute atomic E-state index is 0.106. The number of halogens is 3. The van der Waals surface area contributed by atoms with Gasteiger partial charge in [-0.25, -0.2) is 4.39 Å². The number of nitrogen functional groups attached to an aromatic ring is 1. The van der Waals surface area contributed by atoms with Gasteiger partial charge in [-0.15, -0.1) is 0 Å². The Morgan fingerprint density at radius 3 is 2.58 bits per heavy atom. The second-order valence-electron chi connectivity index (χ2n) is 3.78. The lowest BCUT2D eigenvalue weighted by molar-refractivity contribution is 0.102. The molecule has 2 rings (SSSR count). The number of nitrogens with two attached hydrogens (primary N) is 1. The second kappa shape index (κ2) is 5.47. The first-order valence-electron chi connectivity index (χ1n) is 5.29. The molecule has 0 aliphatic carbocycles. The molecular formula is C13H9Cl2FN2O. The summed E-state index contributed by atoms with van der Waals surface area (Å²) in [6.07, 6.45) is 0. The monoisotopic (exact) mass is 298 g/mol. The van der Waals surface area contributed by atoms with Crippen molar-refractivity contribution in [1.82, 2.24) is 0 Å². The molecule has 0 atom stereocenters. The third-order valence-corrected chi connectivity index (χ3v) is 3.12. The fourth-order valence-electron chi connectivity index (χ4n) is 1.52. The van der Waals surface area contributed by atoms with Crippen LogP contribution >= 0.6 is 23.2 Å². The number of amides is 1. The van der Waals surface area contributed by atoms with E-state index in [4.69, 9.17) is 28.9 Å². The largest absolute Gasteiger partial charge is 0.397 e. The van der Waals surface area contributed by atoms with Gasteiger partial charge >= 0.3 is 0 Å². The molecule has 0 saturated heterocycles. The maximum atomic E-state index is 12.9. The minimum atomic E-state index is -0.481. The van der Waals surface area contributed by atoms with Crippen molar-refractivity contribution >= 4 is 40.5 Å². The van der Waals surface area contributed by atoms with E-state index in [-0.39, 0.29) is 21.3 Å². The van der Waals surface area contributed by atoms with Crippen LogP contribution in [-0.4, -0.2) is 5.91 Å². The highest BCUT2D eigenvalue weighted by molar-refractivity contribution is 6.35. The van der Waals surface area contributed by atoms with E-state index in [1.165, 1.54) is 18.2 Å². The maximum absolute atomic E-state index is 12.9. The summed E-state index contributed by atoms with van der Waals surface area (Å²) in [6, 6.07) is 8.41. The lowest BCUT2D eigenvalue weighted by Crippen LogP contribution is -2.14. The predicted octanol–water partition coefficient (Wildman–Crippen LogP) is 3.97. The molecule has 19 heavy (non-hydrogen) atoms. The van der Waals surface area contributed by atoms with E-state index >= 15 is 0 Å². The zero-order valence-corrected chi connectivity index (χ0v) is 11.1. The average molecular weight is 299 g/mol. The number of anilines is 2. The van der Waals surface area contributed by atoms with E-state index in [1.54, 1.807) is 12.1 Å². The van der Waals surface area contributed by atoms with Crippen LogP contribution in [0.25, 0.3) is 0 Å². The predicted molar refractivity (Wildman–Crippen MR) is 75.2 cm³/mol. The van der Waals surface area contributed by atoms with Gasteiger partial charge < -0.3 is 11.1 Å². The molecule has 2 aromatic rings. The van der Waals surface area contributed by atoms with Crippen LogP contribution < -0.4 is 11.1 Å². The van der Waals surface area contributed by atoms with Gasteiger partial charge in [-0.1, -0.05) is 29.3 Å². The van der Waals surface area contributed by atoms with E-state index in [0.29, 0.717) is 5.69 Å². The van der Waals surface area contributed by atoms with Crippen LogP contribution in [0.15, 0.2) is 36.4 Å². The molecule has 0 radical (unpaired) electrons. The molecule has 1 amide bonds. The van der Waals surface area contributed by atoms with Gasteiger partial charge in [0.15, 0.2) is 0 Å². The van der Waals surface area contributed by atoms with Crippen LogP contribution in [0.5, 0.6) is 0 Å². The Kier molecular flexibility index (Phi) is 3.93. The topological polar surface area (TPSA) is 55.1 Å². The molecule has 0 spiro atoms. The molecule has 0 unspecified atom stereocenters. The van der Waals surface area contributed by atoms with Gasteiger partial charge in [0, 0.05) is 0 Å². The highest BCUT2D eigenvalue weighted by atomic mass is 35.5. The van der Waals surface area contributed by atoms with Crippen molar-refractivity contribution in [2.24, 2.45) is 0 Å². The third kappa shape index (κ3) is 2.97. The van der Waals surface area contributed by atoms with E-state index in [1.807, 2.05) is 0 Å². The highest BCUT2D eigenvalue weighted by Gasteiger charge is 2.13. The van der Waals surface area contributed by atoms with Crippen LogP contribution in [0, 0.1) is 5.82 Å². The molecule has 0 aliphatic rings. The normalized spacial score (nSPS) is 10.3. The van der Waals surface area contributed by atoms with Crippen LogP contribution in [0.4, 0.5) is 15.8 Å². The summed E-state index contributed by atoms with van der Waals surface area (Å²) in [5, 5.41) is 2.94. The van der Waals surface area contributed by atoms with Crippen molar-refractivity contribution in [1.29, 1.82) is 0 Å². The van der Waals surface area contributed by atoms with Crippen LogP contribution in [0.2, 0.25) is 10.0 Å². The van der Waals surface area contributed by atoms with Crippen molar-refractivity contribution in [3.8, 4) is 0 Å². The number of carbonyl (C=O) groups excluding carboxylic acids is 1. The molecule has 3 N–H and O–H groups in total. The van der Waals surface area contributed by atoms with E-state index in [0.717, 1.165) is 6.07 Å². The summed E-state index contributed by atoms with van der Waals surface area (Å²) < 4.78 is 12.9. The lowest BCUT2D eigenvalue weighted by atomic mass is 10.1. The molecule has 0 heterocycles. The second-order valence-corrected chi connectivity index (χ2v) is 4.59. The van der Waals surface area contributed by atoms with E-state index in [2.05, 4.69) is 5.32 Å². The van der Waals surface area contributed by atoms with Crippen molar-refractivity contribution in [3.05, 3.63) is 57.8 Å². The molecule has 6 heteroatoms. The summed E-state index contributed by atoms with van der Waals surface area (Å²) in [4.78, 5) is 12.0. The van der Waals surface area contributed by atoms with Gasteiger partial charge in [0.25, 0.3) is 5.91 Å². The van der Waals surface area contributed by atoms with Gasteiger partial charge in [-0.3, -0.25) is 4.79 Å². The highest BCUT2D eigenvalue weighted by Crippen LogP contribution is 2.26. The molecular weight excluding hydrogens is 290 g/mol. The fourth-order valence-corrected chi connectivity index (χ4v) is 1.90. The van der Waals surface area contributed by atoms with Gasteiger partial charge in [-0.05, 0) is 30.3 Å². The van der Waals surface area contributed by atoms with Crippen molar-refractivity contribution in [2.75, 3.05) is 11.1 Å². The number of para-hydroxylation sites is 1. The van der Waals surface area contributed by atoms with Crippen LogP contribution in [0.3, 0.4) is 0 Å². The lowest BCUT2D eigenvalue weighted by Gasteiger charge is -2.09. The maximum Gasteiger partial charge on any atom is 0.257 e. The van der Waals surface area contributed by atoms with Gasteiger partial charge in [-0.2, -0.15) is 0 Å². The zero-order chi connectivity index (χ0) is 14.0. The Labute approximate surface area is 119 Å². The Morgan fingerprint density at radius 2 is 1.89 bits per heavy atom. The zero-order valence-electron chi connectivity index (χ0n) is 9.58. The van der Waals surface area contributed by atoms with Gasteiger partial charge in [0.2, 0.25) is 0 Å². The Morgan fingerprint density at radius 1 is 1.16 bits per heavy atom. The van der Waals surface area contributed by atoms with Crippen molar-refractivity contribution < 1.29 is 9.18 Å². The molecule has 0 fully saturated rings. The summed E-state index contributed by atoms with van der Waals surface area (Å²) in [5.41, 5.74) is 6.42. The third-order valence-electron chi connectivity index (χ3n) is 2.48. The van der Waals surface area contributed by atoms with E-state index in [9.17, 15) is 9.18 Å². The summed E-state index contributed by atoms with van der Waals surface area (Å²) in [7, 11) is 0. The van der Waals surface area contributed by atoms with E-state index < -0.39 is 11.7 Å². The SMILES string of the molecule is Nc1c(Cl)cccc1C(=O)Nc1ccc(F)cc1Cl. The number of carbonyl (C=O) groups is 1. The van der Waals surface area contributed by atoms with Crippen LogP contribution in [-0.2, 0) is 0 Å². The molecule has 0 aromatic heterocycles. The van der Waals surface area contributed by atoms with Crippen molar-refractivity contribution in [3.63, 3.8) is 0 Å². The quantitative estimate of drug-likeness (QED) is 0.824. The molecule has 3 nitrogen and oxygen atoms in total. The number of nitrogens with one attached hydrogen (secondary N) is 1. The Bertz CT molecular complexity index is 647. The average Bonchev–Trinajstić information content (AvgIpc) is 2.36. The first-order valence-corrected chi connectivity index (χ1v) is 6.05. The smallest absolute Gasteiger partial charge is 0.257 e. The van der Waals surface area contributed by atoms with Gasteiger partial charge in [0.1, 0.15) is 5.82 Å². The standard InChI is InChI=1S/C13H9Cl2FN2O/c14-9-3-1-2-8(12(9)17)13(19)18-11-5-4-7(16)6-10(11)15/h1-6H,17H2,(H,18,19). The Balaban J connectivity index is 2.28. The Hall–Kier alpha value is -1.78. The fraction of sp³-hybridized carbons (Fsp3) is 0. The molecule has 98 valence electrons. The molecule has 0 aliphatic heterocycles. The first kappa shape index (κ1) is 13.6. The molecule has 2 aromatic carbocycles. The summed E-state index contributed by atoms with van der Waals surface area (Å²) >= 11 is 11.7. The number of hydrogen-bond donors (Lipinski definition) is 2. The van der Waals surface area contributed by atoms with Crippen molar-refractivity contribution in [2.45, 2.75) is 0 Å². The number of rotatable bonds is 2. The minimum Gasteiger partial charge on any atom is -0.397 e. The van der Waals surface area contributed by atoms with Gasteiger partial charge in [0.05, 0.1) is 27.0 Å². The summed E-state index contributed by atoms with van der Waals surface area (Å²) in [6.45, 7) is 0.